The molecule has 2 rings (SSSR count). The van der Waals surface area contributed by atoms with Crippen molar-refractivity contribution in [2.75, 3.05) is 0 Å². The fraction of sp³-hybridized carbons (Fsp3) is 0.300. The Labute approximate surface area is 182 Å². The van der Waals surface area contributed by atoms with Gasteiger partial charge in [-0.1, -0.05) is 48.5 Å². The number of carboxylic acids is 1. The summed E-state index contributed by atoms with van der Waals surface area (Å²) in [6.45, 7) is 4.03. The number of carboxylic acid groups (broad SMARTS) is 1. The second-order valence-corrected chi connectivity index (χ2v) is 8.73. The van der Waals surface area contributed by atoms with Crippen LogP contribution in [0, 0.1) is 13.8 Å². The third-order valence-electron chi connectivity index (χ3n) is 3.72. The van der Waals surface area contributed by atoms with Gasteiger partial charge in [-0.15, -0.1) is 0 Å². The van der Waals surface area contributed by atoms with Crippen LogP contribution in [0.15, 0.2) is 48.5 Å². The van der Waals surface area contributed by atoms with Gasteiger partial charge in [-0.2, -0.15) is 0 Å². The van der Waals surface area contributed by atoms with Gasteiger partial charge in [-0.3, -0.25) is 9.59 Å². The van der Waals surface area contributed by atoms with E-state index in [1.54, 1.807) is 0 Å². The lowest BCUT2D eigenvalue weighted by Crippen LogP contribution is -1.98. The van der Waals surface area contributed by atoms with E-state index in [2.05, 4.69) is 21.4 Å². The zero-order valence-electron chi connectivity index (χ0n) is 15.7. The van der Waals surface area contributed by atoms with Crippen LogP contribution < -0.4 is 0 Å². The summed E-state index contributed by atoms with van der Waals surface area (Å²) < 4.78 is 9.09. The van der Waals surface area contributed by atoms with Gasteiger partial charge >= 0.3 is 5.97 Å². The van der Waals surface area contributed by atoms with Crippen LogP contribution in [0.1, 0.15) is 35.1 Å². The summed E-state index contributed by atoms with van der Waals surface area (Å²) in [5.41, 5.74) is 4.71. The average molecular weight is 466 g/mol. The van der Waals surface area contributed by atoms with E-state index >= 15 is 0 Å². The second kappa shape index (κ2) is 15.5. The number of carbonyl (C=O) groups is 2. The van der Waals surface area contributed by atoms with Crippen LogP contribution in [0.5, 0.6) is 0 Å². The molecule has 0 aromatic heterocycles. The van der Waals surface area contributed by atoms with E-state index in [0.717, 1.165) is 12.0 Å². The van der Waals surface area contributed by atoms with Gasteiger partial charge in [-0.25, -0.2) is 4.21 Å². The van der Waals surface area contributed by atoms with Crippen molar-refractivity contribution in [3.8, 4) is 0 Å². The fourth-order valence-electron chi connectivity index (χ4n) is 2.26. The first-order chi connectivity index (χ1) is 13.1. The topological polar surface area (TPSA) is 71.4 Å². The summed E-state index contributed by atoms with van der Waals surface area (Å²) in [7, 11) is 7.36. The summed E-state index contributed by atoms with van der Waals surface area (Å²) in [5, 5.41) is 8.20. The van der Waals surface area contributed by atoms with Gasteiger partial charge in [0.05, 0.1) is 0 Å². The van der Waals surface area contributed by atoms with Crippen molar-refractivity contribution >= 4 is 53.4 Å². The van der Waals surface area contributed by atoms with E-state index < -0.39 is 15.2 Å². The monoisotopic (exact) mass is 464 g/mol. The lowest BCUT2D eigenvalue weighted by molar-refractivity contribution is -0.137. The molecule has 0 radical (unpaired) electrons. The molecule has 0 bridgehead atoms. The van der Waals surface area contributed by atoms with Crippen molar-refractivity contribution in [3.63, 3.8) is 0 Å². The Hall–Kier alpha value is -1.40. The predicted octanol–water partition coefficient (Wildman–Crippen LogP) is 5.75. The first-order valence-electron chi connectivity index (χ1n) is 8.37. The van der Waals surface area contributed by atoms with Crippen LogP contribution in [0.2, 0.25) is 0 Å². The van der Waals surface area contributed by atoms with Gasteiger partial charge in [0.2, 0.25) is 14.5 Å². The van der Waals surface area contributed by atoms with Gasteiger partial charge in [0.1, 0.15) is 0 Å². The van der Waals surface area contributed by atoms with E-state index in [0.29, 0.717) is 12.8 Å². The minimum absolute atomic E-state index is 0.213. The van der Waals surface area contributed by atoms with Crippen LogP contribution >= 0.6 is 33.0 Å². The Balaban J connectivity index is 0.000000439. The molecular weight excluding hydrogens is 443 g/mol. The van der Waals surface area contributed by atoms with Crippen molar-refractivity contribution in [2.45, 2.75) is 39.5 Å². The van der Waals surface area contributed by atoms with Gasteiger partial charge < -0.3 is 5.11 Å². The van der Waals surface area contributed by atoms with Crippen molar-refractivity contribution in [1.82, 2.24) is 0 Å². The lowest BCUT2D eigenvalue weighted by atomic mass is 10.0. The first kappa shape index (κ1) is 26.6. The number of halogens is 3. The van der Waals surface area contributed by atoms with Gasteiger partial charge in [0.25, 0.3) is 0 Å². The van der Waals surface area contributed by atoms with Crippen LogP contribution in [-0.4, -0.2) is 20.5 Å². The van der Waals surface area contributed by atoms with Crippen molar-refractivity contribution < 1.29 is 18.9 Å². The van der Waals surface area contributed by atoms with E-state index in [1.807, 2.05) is 62.4 Å². The fourth-order valence-corrected chi connectivity index (χ4v) is 2.35. The molecule has 28 heavy (non-hydrogen) atoms. The number of hydrogen-bond donors (Lipinski definition) is 1. The SMILES string of the molecule is Cc1ccccc1CCC(=O)Cl.Cc1ccccc1CCC(=O)O.O=S(Cl)Cl. The third kappa shape index (κ3) is 14.6. The standard InChI is InChI=1S/C10H11ClO.C10H12O2.Cl2OS/c2*1-8-4-2-3-5-9(8)6-7-10(11)12;1-4(2)3/h2-5H,6-7H2,1H3;2-5H,6-7H2,1H3,(H,11,12);. The predicted molar refractivity (Wildman–Crippen MR) is 117 cm³/mol. The highest BCUT2D eigenvalue weighted by molar-refractivity contribution is 8.26. The minimum Gasteiger partial charge on any atom is -0.481 e. The molecule has 0 unspecified atom stereocenters. The molecule has 154 valence electrons. The summed E-state index contributed by atoms with van der Waals surface area (Å²) in [6.07, 6.45) is 2.01. The molecule has 2 aromatic carbocycles. The van der Waals surface area contributed by atoms with E-state index in [4.69, 9.17) is 20.9 Å². The highest BCUT2D eigenvalue weighted by Gasteiger charge is 2.01. The Morgan fingerprint density at radius 3 is 1.54 bits per heavy atom. The Kier molecular flexibility index (Phi) is 14.7. The molecule has 0 atom stereocenters. The molecule has 0 spiro atoms. The zero-order valence-corrected chi connectivity index (χ0v) is 18.7. The molecule has 0 saturated heterocycles. The lowest BCUT2D eigenvalue weighted by Gasteiger charge is -2.01. The second-order valence-electron chi connectivity index (χ2n) is 5.79. The number of rotatable bonds is 6. The molecule has 0 amide bonds. The molecule has 4 nitrogen and oxygen atoms in total. The van der Waals surface area contributed by atoms with Crippen LogP contribution in [0.4, 0.5) is 0 Å². The molecule has 2 aromatic rings. The zero-order chi connectivity index (χ0) is 21.5. The summed E-state index contributed by atoms with van der Waals surface area (Å²) in [5.74, 6) is -0.738. The third-order valence-corrected chi connectivity index (χ3v) is 3.91. The molecule has 0 aliphatic carbocycles. The van der Waals surface area contributed by atoms with Crippen LogP contribution in [0.3, 0.4) is 0 Å². The normalized spacial score (nSPS) is 9.64. The van der Waals surface area contributed by atoms with E-state index in [-0.39, 0.29) is 11.7 Å². The number of aryl methyl sites for hydroxylation is 4. The maximum Gasteiger partial charge on any atom is 0.303 e. The number of hydrogen-bond acceptors (Lipinski definition) is 3. The highest BCUT2D eigenvalue weighted by atomic mass is 36.0. The largest absolute Gasteiger partial charge is 0.481 e. The first-order valence-corrected chi connectivity index (χ1v) is 11.5. The number of benzene rings is 2. The molecule has 0 fully saturated rings. The smallest absolute Gasteiger partial charge is 0.303 e. The summed E-state index contributed by atoms with van der Waals surface area (Å²) >= 11 is 5.24. The molecule has 0 heterocycles. The van der Waals surface area contributed by atoms with E-state index in [9.17, 15) is 9.59 Å². The van der Waals surface area contributed by atoms with Gasteiger partial charge in [-0.05, 0) is 60.5 Å². The molecule has 1 N–H and O–H groups in total. The molecule has 8 heteroatoms. The average Bonchev–Trinajstić information content (AvgIpc) is 2.60. The Morgan fingerprint density at radius 1 is 0.857 bits per heavy atom. The molecular formula is C20H23Cl3O4S. The Bertz CT molecular complexity index is 718. The van der Waals surface area contributed by atoms with Gasteiger partial charge in [0, 0.05) is 34.2 Å². The van der Waals surface area contributed by atoms with Crippen LogP contribution in [0.25, 0.3) is 0 Å². The summed E-state index contributed by atoms with van der Waals surface area (Å²) in [6, 6.07) is 15.9. The maximum absolute atomic E-state index is 10.5. The Morgan fingerprint density at radius 2 is 1.21 bits per heavy atom. The van der Waals surface area contributed by atoms with Crippen molar-refractivity contribution in [1.29, 1.82) is 0 Å². The van der Waals surface area contributed by atoms with Crippen LogP contribution in [-0.2, 0) is 31.7 Å². The minimum atomic E-state index is -1.67. The molecule has 0 aliphatic rings. The van der Waals surface area contributed by atoms with Crippen molar-refractivity contribution in [3.05, 3.63) is 70.8 Å². The van der Waals surface area contributed by atoms with E-state index in [1.165, 1.54) is 16.7 Å². The van der Waals surface area contributed by atoms with Gasteiger partial charge in [0.15, 0.2) is 0 Å². The molecule has 0 aliphatic heterocycles. The number of carbonyl (C=O) groups excluding carboxylic acids is 1. The number of aliphatic carboxylic acids is 1. The summed E-state index contributed by atoms with van der Waals surface area (Å²) in [4.78, 5) is 20.8. The maximum atomic E-state index is 10.5. The highest BCUT2D eigenvalue weighted by Crippen LogP contribution is 2.10. The molecule has 0 saturated carbocycles. The quantitative estimate of drug-likeness (QED) is 0.551. The van der Waals surface area contributed by atoms with Crippen molar-refractivity contribution in [2.24, 2.45) is 0 Å².